The number of hydrogen-bond donors (Lipinski definition) is 1. The maximum atomic E-state index is 5.99. The summed E-state index contributed by atoms with van der Waals surface area (Å²) in [6.07, 6.45) is 1.95. The lowest BCUT2D eigenvalue weighted by Gasteiger charge is -2.11. The summed E-state index contributed by atoms with van der Waals surface area (Å²) < 4.78 is 5.99. The van der Waals surface area contributed by atoms with Crippen molar-refractivity contribution in [3.63, 3.8) is 0 Å². The standard InChI is InChI=1S/C20H14NO/c1-2-6-17(7-3-1)22-20-9-5-4-8-18(20)16-11-10-15-12-13-21-19(15)14-16/h1-8,10-14,21H. The van der Waals surface area contributed by atoms with E-state index in [1.807, 2.05) is 48.7 Å². The fourth-order valence-electron chi connectivity index (χ4n) is 2.56. The van der Waals surface area contributed by atoms with Crippen molar-refractivity contribution < 1.29 is 4.74 Å². The largest absolute Gasteiger partial charge is 0.456 e. The molecule has 22 heavy (non-hydrogen) atoms. The highest BCUT2D eigenvalue weighted by Crippen LogP contribution is 2.33. The molecule has 1 N–H and O–H groups in total. The third kappa shape index (κ3) is 2.35. The van der Waals surface area contributed by atoms with Crippen LogP contribution in [0.3, 0.4) is 0 Å². The molecule has 4 rings (SSSR count). The van der Waals surface area contributed by atoms with Gasteiger partial charge in [-0.2, -0.15) is 0 Å². The Morgan fingerprint density at radius 2 is 1.77 bits per heavy atom. The minimum absolute atomic E-state index is 0.736. The summed E-state index contributed by atoms with van der Waals surface area (Å²) in [7, 11) is 0. The second kappa shape index (κ2) is 5.41. The van der Waals surface area contributed by atoms with Crippen molar-refractivity contribution in [1.29, 1.82) is 0 Å². The number of nitrogens with one attached hydrogen (secondary N) is 1. The van der Waals surface area contributed by atoms with Crippen LogP contribution in [0.15, 0.2) is 79.0 Å². The van der Waals surface area contributed by atoms with E-state index in [1.165, 1.54) is 5.39 Å². The predicted molar refractivity (Wildman–Crippen MR) is 89.1 cm³/mol. The van der Waals surface area contributed by atoms with Crippen LogP contribution in [0.5, 0.6) is 11.5 Å². The van der Waals surface area contributed by atoms with Gasteiger partial charge in [-0.3, -0.25) is 0 Å². The van der Waals surface area contributed by atoms with Gasteiger partial charge >= 0.3 is 0 Å². The Kier molecular flexibility index (Phi) is 3.13. The van der Waals surface area contributed by atoms with Crippen LogP contribution in [0, 0.1) is 6.07 Å². The molecule has 105 valence electrons. The second-order valence-electron chi connectivity index (χ2n) is 5.11. The van der Waals surface area contributed by atoms with Gasteiger partial charge in [-0.1, -0.05) is 48.5 Å². The average Bonchev–Trinajstić information content (AvgIpc) is 3.04. The van der Waals surface area contributed by atoms with Gasteiger partial charge in [0, 0.05) is 23.3 Å². The summed E-state index contributed by atoms with van der Waals surface area (Å²) in [5.74, 6) is 1.55. The molecule has 0 saturated heterocycles. The highest BCUT2D eigenvalue weighted by molar-refractivity contribution is 5.86. The lowest BCUT2D eigenvalue weighted by Crippen LogP contribution is -1.88. The Labute approximate surface area is 129 Å². The number of fused-ring (bicyclic) bond motifs is 1. The highest BCUT2D eigenvalue weighted by atomic mass is 16.5. The van der Waals surface area contributed by atoms with Crippen LogP contribution in [0.2, 0.25) is 0 Å². The minimum atomic E-state index is 0.736. The van der Waals surface area contributed by atoms with Crippen molar-refractivity contribution >= 4 is 10.9 Å². The predicted octanol–water partition coefficient (Wildman–Crippen LogP) is 5.43. The second-order valence-corrected chi connectivity index (χ2v) is 5.11. The summed E-state index contributed by atoms with van der Waals surface area (Å²) in [4.78, 5) is 3.25. The monoisotopic (exact) mass is 284 g/mol. The van der Waals surface area contributed by atoms with E-state index >= 15 is 0 Å². The highest BCUT2D eigenvalue weighted by Gasteiger charge is 2.08. The van der Waals surface area contributed by atoms with Gasteiger partial charge in [0.25, 0.3) is 0 Å². The van der Waals surface area contributed by atoms with Gasteiger partial charge in [0.15, 0.2) is 0 Å². The molecule has 2 nitrogen and oxygen atoms in total. The normalized spacial score (nSPS) is 10.7. The molecular formula is C20H14NO. The molecule has 1 aromatic heterocycles. The van der Waals surface area contributed by atoms with E-state index in [0.717, 1.165) is 28.1 Å². The molecule has 0 aliphatic rings. The van der Waals surface area contributed by atoms with Crippen LogP contribution in [0.1, 0.15) is 0 Å². The van der Waals surface area contributed by atoms with E-state index in [4.69, 9.17) is 4.74 Å². The fourth-order valence-corrected chi connectivity index (χ4v) is 2.56. The Morgan fingerprint density at radius 3 is 2.68 bits per heavy atom. The first kappa shape index (κ1) is 12.7. The Morgan fingerprint density at radius 1 is 0.864 bits per heavy atom. The lowest BCUT2D eigenvalue weighted by atomic mass is 10.0. The number of aromatic amines is 1. The van der Waals surface area contributed by atoms with E-state index in [1.54, 1.807) is 0 Å². The van der Waals surface area contributed by atoms with Crippen LogP contribution in [-0.2, 0) is 0 Å². The summed E-state index contributed by atoms with van der Waals surface area (Å²) >= 11 is 0. The molecule has 0 saturated carbocycles. The smallest absolute Gasteiger partial charge is 0.143 e. The number of ether oxygens (including phenoxy) is 1. The van der Waals surface area contributed by atoms with E-state index in [9.17, 15) is 0 Å². The molecule has 0 unspecified atom stereocenters. The van der Waals surface area contributed by atoms with E-state index < -0.39 is 0 Å². The van der Waals surface area contributed by atoms with Gasteiger partial charge in [0.1, 0.15) is 11.5 Å². The van der Waals surface area contributed by atoms with Crippen molar-refractivity contribution in [1.82, 2.24) is 4.98 Å². The average molecular weight is 284 g/mol. The zero-order chi connectivity index (χ0) is 14.8. The Bertz CT molecular complexity index is 909. The summed E-state index contributed by atoms with van der Waals surface area (Å²) in [5, 5.41) is 1.20. The van der Waals surface area contributed by atoms with Crippen molar-refractivity contribution in [3.05, 3.63) is 85.1 Å². The van der Waals surface area contributed by atoms with Crippen LogP contribution in [0.4, 0.5) is 0 Å². The van der Waals surface area contributed by atoms with Crippen LogP contribution < -0.4 is 4.74 Å². The molecule has 1 heterocycles. The summed E-state index contributed by atoms with van der Waals surface area (Å²) in [6.45, 7) is 0. The van der Waals surface area contributed by atoms with Gasteiger partial charge in [-0.05, 0) is 35.2 Å². The molecule has 4 aromatic rings. The van der Waals surface area contributed by atoms with Gasteiger partial charge in [-0.25, -0.2) is 0 Å². The molecular weight excluding hydrogens is 270 g/mol. The number of aromatic nitrogens is 1. The molecule has 0 aliphatic heterocycles. The maximum absolute atomic E-state index is 5.99. The first-order valence-electron chi connectivity index (χ1n) is 7.21. The maximum Gasteiger partial charge on any atom is 0.143 e. The van der Waals surface area contributed by atoms with E-state index in [2.05, 4.69) is 41.4 Å². The van der Waals surface area contributed by atoms with Crippen molar-refractivity contribution in [2.24, 2.45) is 0 Å². The SMILES string of the molecule is [c]1cccc(-c2ccc3cc[nH]c3c2)c1Oc1ccccc1. The van der Waals surface area contributed by atoms with Crippen LogP contribution in [0.25, 0.3) is 22.0 Å². The molecule has 0 aliphatic carbocycles. The van der Waals surface area contributed by atoms with Crippen molar-refractivity contribution in [3.8, 4) is 22.6 Å². The molecule has 0 amide bonds. The van der Waals surface area contributed by atoms with Gasteiger partial charge in [0.2, 0.25) is 0 Å². The number of benzene rings is 3. The molecule has 3 aromatic carbocycles. The van der Waals surface area contributed by atoms with Crippen molar-refractivity contribution in [2.75, 3.05) is 0 Å². The van der Waals surface area contributed by atoms with Gasteiger partial charge in [-0.15, -0.1) is 0 Å². The fraction of sp³-hybridized carbons (Fsp3) is 0. The zero-order valence-electron chi connectivity index (χ0n) is 11.9. The molecule has 1 radical (unpaired) electrons. The van der Waals surface area contributed by atoms with Crippen molar-refractivity contribution in [2.45, 2.75) is 0 Å². The number of rotatable bonds is 3. The van der Waals surface area contributed by atoms with E-state index in [0.29, 0.717) is 0 Å². The number of hydrogen-bond acceptors (Lipinski definition) is 1. The third-order valence-electron chi connectivity index (χ3n) is 3.65. The molecule has 0 bridgehead atoms. The zero-order valence-corrected chi connectivity index (χ0v) is 11.9. The lowest BCUT2D eigenvalue weighted by molar-refractivity contribution is 0.483. The molecule has 2 heteroatoms. The number of H-pyrrole nitrogens is 1. The topological polar surface area (TPSA) is 25.0 Å². The van der Waals surface area contributed by atoms with E-state index in [-0.39, 0.29) is 0 Å². The summed E-state index contributed by atoms with van der Waals surface area (Å²) in [6, 6.07) is 27.3. The van der Waals surface area contributed by atoms with Crippen LogP contribution >= 0.6 is 0 Å². The first-order chi connectivity index (χ1) is 10.9. The number of para-hydroxylation sites is 2. The Balaban J connectivity index is 1.78. The van der Waals surface area contributed by atoms with Gasteiger partial charge < -0.3 is 9.72 Å². The summed E-state index contributed by atoms with van der Waals surface area (Å²) in [5.41, 5.74) is 3.26. The molecule has 0 spiro atoms. The molecule has 0 fully saturated rings. The third-order valence-corrected chi connectivity index (χ3v) is 3.65. The quantitative estimate of drug-likeness (QED) is 0.533. The van der Waals surface area contributed by atoms with Gasteiger partial charge in [0.05, 0.1) is 0 Å². The van der Waals surface area contributed by atoms with Crippen LogP contribution in [-0.4, -0.2) is 4.98 Å². The Hall–Kier alpha value is -3.00. The molecule has 0 atom stereocenters. The minimum Gasteiger partial charge on any atom is -0.456 e. The first-order valence-corrected chi connectivity index (χ1v) is 7.21.